The van der Waals surface area contributed by atoms with Crippen LogP contribution in [-0.2, 0) is 22.8 Å². The van der Waals surface area contributed by atoms with E-state index in [1.807, 2.05) is 0 Å². The molecule has 0 aliphatic carbocycles. The van der Waals surface area contributed by atoms with Crippen molar-refractivity contribution >= 4 is 11.6 Å². The smallest absolute Gasteiger partial charge is 0.419 e. The molecule has 0 aliphatic rings. The number of aliphatic carboxylic acids is 1. The zero-order valence-corrected chi connectivity index (χ0v) is 11.8. The zero-order valence-electron chi connectivity index (χ0n) is 11.8. The summed E-state index contributed by atoms with van der Waals surface area (Å²) in [6, 6.07) is 2.19. The van der Waals surface area contributed by atoms with Crippen molar-refractivity contribution in [3.8, 4) is 0 Å². The molecular weight excluding hydrogens is 285 g/mol. The lowest BCUT2D eigenvalue weighted by Crippen LogP contribution is -2.17. The number of halogens is 3. The Labute approximate surface area is 119 Å². The van der Waals surface area contributed by atoms with E-state index in [9.17, 15) is 18.0 Å². The number of hydrogen-bond donors (Lipinski definition) is 1. The minimum Gasteiger partial charge on any atom is -0.481 e. The molecule has 2 heterocycles. The number of pyridine rings is 1. The minimum absolute atomic E-state index is 0.258. The number of carbonyl (C=O) groups is 1. The molecule has 0 amide bonds. The van der Waals surface area contributed by atoms with Crippen molar-refractivity contribution in [1.82, 2.24) is 9.38 Å². The van der Waals surface area contributed by atoms with Crippen molar-refractivity contribution in [2.45, 2.75) is 38.8 Å². The first-order valence-corrected chi connectivity index (χ1v) is 6.31. The predicted molar refractivity (Wildman–Crippen MR) is 70.2 cm³/mol. The molecule has 0 saturated heterocycles. The van der Waals surface area contributed by atoms with Gasteiger partial charge in [-0.2, -0.15) is 13.2 Å². The van der Waals surface area contributed by atoms with Crippen molar-refractivity contribution in [3.05, 3.63) is 35.3 Å². The van der Waals surface area contributed by atoms with Gasteiger partial charge in [0.2, 0.25) is 0 Å². The quantitative estimate of drug-likeness (QED) is 0.926. The number of carboxylic acids is 1. The molecular formula is C14H15F3N2O2. The standard InChI is InChI=1S/C14H15F3N2O2/c1-13(2,3)11-9(7-10(20)21)19-6-4-5-8(12(19)18-11)14(15,16)17/h4-6H,7H2,1-3H3,(H,20,21). The van der Waals surface area contributed by atoms with Gasteiger partial charge in [-0.1, -0.05) is 20.8 Å². The molecule has 4 nitrogen and oxygen atoms in total. The Hall–Kier alpha value is -2.05. The lowest BCUT2D eigenvalue weighted by atomic mass is 9.90. The van der Waals surface area contributed by atoms with Crippen molar-refractivity contribution < 1.29 is 23.1 Å². The van der Waals surface area contributed by atoms with Crippen LogP contribution < -0.4 is 0 Å². The molecule has 0 radical (unpaired) electrons. The molecule has 2 rings (SSSR count). The average molecular weight is 300 g/mol. The lowest BCUT2D eigenvalue weighted by molar-refractivity contribution is -0.137. The van der Waals surface area contributed by atoms with Crippen LogP contribution in [0.3, 0.4) is 0 Å². The highest BCUT2D eigenvalue weighted by molar-refractivity contribution is 5.71. The second-order valence-corrected chi connectivity index (χ2v) is 5.84. The molecule has 2 aromatic rings. The van der Waals surface area contributed by atoms with Gasteiger partial charge in [-0.25, -0.2) is 4.98 Å². The van der Waals surface area contributed by atoms with E-state index in [1.54, 1.807) is 20.8 Å². The molecule has 21 heavy (non-hydrogen) atoms. The highest BCUT2D eigenvalue weighted by Crippen LogP contribution is 2.35. The first-order valence-electron chi connectivity index (χ1n) is 6.31. The number of rotatable bonds is 2. The van der Waals surface area contributed by atoms with Gasteiger partial charge in [-0.15, -0.1) is 0 Å². The molecule has 0 fully saturated rings. The maximum atomic E-state index is 13.0. The molecule has 114 valence electrons. The Bertz CT molecular complexity index is 697. The molecule has 0 aromatic carbocycles. The van der Waals surface area contributed by atoms with Crippen LogP contribution in [0, 0.1) is 0 Å². The molecule has 1 N–H and O–H groups in total. The van der Waals surface area contributed by atoms with Crippen LogP contribution in [0.1, 0.15) is 37.7 Å². The highest BCUT2D eigenvalue weighted by atomic mass is 19.4. The Balaban J connectivity index is 2.82. The summed E-state index contributed by atoms with van der Waals surface area (Å²) in [6.45, 7) is 5.36. The van der Waals surface area contributed by atoms with E-state index < -0.39 is 23.1 Å². The van der Waals surface area contributed by atoms with Gasteiger partial charge in [0.05, 0.1) is 23.4 Å². The van der Waals surface area contributed by atoms with Crippen molar-refractivity contribution in [2.75, 3.05) is 0 Å². The molecule has 7 heteroatoms. The first kappa shape index (κ1) is 15.3. The summed E-state index contributed by atoms with van der Waals surface area (Å²) in [5.41, 5.74) is -1.05. The van der Waals surface area contributed by atoms with Gasteiger partial charge in [0.1, 0.15) is 5.65 Å². The zero-order chi connectivity index (χ0) is 16.0. The van der Waals surface area contributed by atoms with E-state index in [0.717, 1.165) is 6.07 Å². The summed E-state index contributed by atoms with van der Waals surface area (Å²) in [5, 5.41) is 9.00. The van der Waals surface area contributed by atoms with E-state index in [0.29, 0.717) is 5.69 Å². The second-order valence-electron chi connectivity index (χ2n) is 5.84. The third-order valence-electron chi connectivity index (χ3n) is 3.08. The Morgan fingerprint density at radius 2 is 1.95 bits per heavy atom. The van der Waals surface area contributed by atoms with Crippen LogP contribution in [0.5, 0.6) is 0 Å². The van der Waals surface area contributed by atoms with Crippen LogP contribution in [-0.4, -0.2) is 20.5 Å². The van der Waals surface area contributed by atoms with Crippen molar-refractivity contribution in [3.63, 3.8) is 0 Å². The van der Waals surface area contributed by atoms with Crippen LogP contribution >= 0.6 is 0 Å². The maximum Gasteiger partial charge on any atom is 0.419 e. The van der Waals surface area contributed by atoms with Crippen LogP contribution in [0.15, 0.2) is 18.3 Å². The SMILES string of the molecule is CC(C)(C)c1nc2c(C(F)(F)F)cccn2c1CC(=O)O. The molecule has 2 aromatic heterocycles. The van der Waals surface area contributed by atoms with Gasteiger partial charge < -0.3 is 9.51 Å². The Morgan fingerprint density at radius 1 is 1.33 bits per heavy atom. The van der Waals surface area contributed by atoms with Crippen LogP contribution in [0.4, 0.5) is 13.2 Å². The average Bonchev–Trinajstić information content (AvgIpc) is 2.65. The minimum atomic E-state index is -4.54. The monoisotopic (exact) mass is 300 g/mol. The van der Waals surface area contributed by atoms with Gasteiger partial charge in [0, 0.05) is 11.6 Å². The first-order chi connectivity index (χ1) is 9.51. The number of carboxylic acid groups (broad SMARTS) is 1. The lowest BCUT2D eigenvalue weighted by Gasteiger charge is -2.17. The third kappa shape index (κ3) is 2.86. The summed E-state index contributed by atoms with van der Waals surface area (Å²) in [4.78, 5) is 15.1. The van der Waals surface area contributed by atoms with E-state index >= 15 is 0 Å². The Morgan fingerprint density at radius 3 is 2.43 bits per heavy atom. The van der Waals surface area contributed by atoms with Crippen LogP contribution in [0.2, 0.25) is 0 Å². The molecule has 0 atom stereocenters. The summed E-state index contributed by atoms with van der Waals surface area (Å²) >= 11 is 0. The topological polar surface area (TPSA) is 54.6 Å². The van der Waals surface area contributed by atoms with Gasteiger partial charge >= 0.3 is 12.1 Å². The van der Waals surface area contributed by atoms with E-state index in [2.05, 4.69) is 4.98 Å². The molecule has 0 bridgehead atoms. The van der Waals surface area contributed by atoms with Crippen molar-refractivity contribution in [1.29, 1.82) is 0 Å². The van der Waals surface area contributed by atoms with E-state index in [1.165, 1.54) is 16.7 Å². The summed E-state index contributed by atoms with van der Waals surface area (Å²) in [5.74, 6) is -1.11. The largest absolute Gasteiger partial charge is 0.481 e. The fraction of sp³-hybridized carbons (Fsp3) is 0.429. The third-order valence-corrected chi connectivity index (χ3v) is 3.08. The molecule has 0 unspecified atom stereocenters. The van der Waals surface area contributed by atoms with Crippen molar-refractivity contribution in [2.24, 2.45) is 0 Å². The van der Waals surface area contributed by atoms with Gasteiger partial charge in [-0.05, 0) is 12.1 Å². The Kier molecular flexibility index (Phi) is 3.47. The van der Waals surface area contributed by atoms with E-state index in [-0.39, 0.29) is 17.8 Å². The number of hydrogen-bond acceptors (Lipinski definition) is 2. The maximum absolute atomic E-state index is 13.0. The number of alkyl halides is 3. The molecule has 0 spiro atoms. The van der Waals surface area contributed by atoms with Gasteiger partial charge in [0.25, 0.3) is 0 Å². The second kappa shape index (κ2) is 4.75. The number of imidazole rings is 1. The molecule has 0 aliphatic heterocycles. The predicted octanol–water partition coefficient (Wildman–Crippen LogP) is 3.28. The summed E-state index contributed by atoms with van der Waals surface area (Å²) in [7, 11) is 0. The van der Waals surface area contributed by atoms with E-state index in [4.69, 9.17) is 5.11 Å². The summed E-state index contributed by atoms with van der Waals surface area (Å²) < 4.78 is 40.4. The number of nitrogens with zero attached hydrogens (tertiary/aromatic N) is 2. The fourth-order valence-electron chi connectivity index (χ4n) is 2.25. The fourth-order valence-corrected chi connectivity index (χ4v) is 2.25. The summed E-state index contributed by atoms with van der Waals surface area (Å²) in [6.07, 6.45) is -3.51. The number of fused-ring (bicyclic) bond motifs is 1. The molecule has 0 saturated carbocycles. The normalized spacial score (nSPS) is 12.9. The van der Waals surface area contributed by atoms with Crippen LogP contribution in [0.25, 0.3) is 5.65 Å². The number of aromatic nitrogens is 2. The van der Waals surface area contributed by atoms with Gasteiger partial charge in [-0.3, -0.25) is 4.79 Å². The van der Waals surface area contributed by atoms with Gasteiger partial charge in [0.15, 0.2) is 0 Å². The highest BCUT2D eigenvalue weighted by Gasteiger charge is 2.35.